The summed E-state index contributed by atoms with van der Waals surface area (Å²) in [7, 11) is 0. The summed E-state index contributed by atoms with van der Waals surface area (Å²) in [6.45, 7) is 9.10. The number of hydrogen-bond acceptors (Lipinski definition) is 7. The number of rotatable bonds is 6. The van der Waals surface area contributed by atoms with Crippen LogP contribution in [0, 0.1) is 22.7 Å². The van der Waals surface area contributed by atoms with Gasteiger partial charge in [-0.3, -0.25) is 0 Å². The predicted octanol–water partition coefficient (Wildman–Crippen LogP) is 14.5. The van der Waals surface area contributed by atoms with Crippen LogP contribution in [0.4, 0.5) is 34.1 Å². The lowest BCUT2D eigenvalue weighted by Crippen LogP contribution is -2.30. The molecule has 0 atom stereocenters. The number of anilines is 6. The van der Waals surface area contributed by atoms with E-state index in [1.54, 1.807) is 0 Å². The number of nitrogens with zero attached hydrogens (tertiary/aromatic N) is 7. The van der Waals surface area contributed by atoms with Crippen LogP contribution in [0.3, 0.4) is 0 Å². The van der Waals surface area contributed by atoms with Gasteiger partial charge in [-0.05, 0) is 94.0 Å². The maximum absolute atomic E-state index is 10.5. The molecule has 0 saturated carbocycles. The summed E-state index contributed by atoms with van der Waals surface area (Å²) in [5.41, 5.74) is 15.1. The van der Waals surface area contributed by atoms with Crippen LogP contribution in [-0.2, 0) is 10.8 Å². The van der Waals surface area contributed by atoms with Crippen molar-refractivity contribution in [1.29, 1.82) is 10.5 Å². The molecule has 9 aromatic rings. The maximum Gasteiger partial charge on any atom is 0.166 e. The fraction of sp³-hybridized carbons (Fsp3) is 0.102. The maximum atomic E-state index is 10.5. The van der Waals surface area contributed by atoms with E-state index in [2.05, 4.69) is 165 Å². The van der Waals surface area contributed by atoms with E-state index < -0.39 is 0 Å². The largest absolute Gasteiger partial charge is 0.309 e. The van der Waals surface area contributed by atoms with Gasteiger partial charge in [0.15, 0.2) is 17.5 Å². The SMILES string of the molecule is CC1(C)c2ccccc2N(c2ccc(C#N)cc2-c2nc(-c3ccccc3)nc(-c3ccc(-c4ccccc4C#N)cc3N3c4ccccc4C(C)(C)c4ccccc43)n2)c2ccccc21. The highest BCUT2D eigenvalue weighted by atomic mass is 15.2. The van der Waals surface area contributed by atoms with Crippen LogP contribution in [-0.4, -0.2) is 15.0 Å². The first kappa shape index (κ1) is 40.1. The summed E-state index contributed by atoms with van der Waals surface area (Å²) in [6.07, 6.45) is 0. The van der Waals surface area contributed by atoms with Gasteiger partial charge < -0.3 is 9.80 Å². The third kappa shape index (κ3) is 6.36. The van der Waals surface area contributed by atoms with Gasteiger partial charge in [0, 0.05) is 27.5 Å². The Kier molecular flexibility index (Phi) is 9.46. The Balaban J connectivity index is 1.21. The second kappa shape index (κ2) is 15.6. The highest BCUT2D eigenvalue weighted by Crippen LogP contribution is 2.55. The van der Waals surface area contributed by atoms with E-state index in [1.807, 2.05) is 72.8 Å². The number of nitriles is 2. The zero-order valence-electron chi connectivity index (χ0n) is 37.0. The van der Waals surface area contributed by atoms with Crippen molar-refractivity contribution < 1.29 is 0 Å². The zero-order valence-corrected chi connectivity index (χ0v) is 37.0. The van der Waals surface area contributed by atoms with Crippen LogP contribution in [0.5, 0.6) is 0 Å². The average molecular weight is 850 g/mol. The molecule has 0 bridgehead atoms. The minimum absolute atomic E-state index is 0.269. The Morgan fingerprint density at radius 3 is 1.38 bits per heavy atom. The molecule has 2 aliphatic rings. The molecule has 0 spiro atoms. The summed E-state index contributed by atoms with van der Waals surface area (Å²) >= 11 is 0. The molecule has 0 amide bonds. The van der Waals surface area contributed by atoms with Crippen molar-refractivity contribution in [3.8, 4) is 57.4 Å². The van der Waals surface area contributed by atoms with Gasteiger partial charge in [-0.1, -0.05) is 155 Å². The molecule has 0 unspecified atom stereocenters. The molecule has 7 nitrogen and oxygen atoms in total. The smallest absolute Gasteiger partial charge is 0.166 e. The average Bonchev–Trinajstić information content (AvgIpc) is 3.37. The van der Waals surface area contributed by atoms with E-state index in [4.69, 9.17) is 15.0 Å². The van der Waals surface area contributed by atoms with Crippen LogP contribution in [0.25, 0.3) is 45.3 Å². The third-order valence-corrected chi connectivity index (χ3v) is 13.4. The number of hydrogen-bond donors (Lipinski definition) is 0. The zero-order chi connectivity index (χ0) is 45.2. The second-order valence-electron chi connectivity index (χ2n) is 17.9. The first-order chi connectivity index (χ1) is 32.2. The molecule has 8 aromatic carbocycles. The molecule has 0 saturated heterocycles. The van der Waals surface area contributed by atoms with Crippen LogP contribution >= 0.6 is 0 Å². The molecule has 0 N–H and O–H groups in total. The van der Waals surface area contributed by atoms with E-state index in [-0.39, 0.29) is 10.8 Å². The molecule has 2 aliphatic heterocycles. The Morgan fingerprint density at radius 1 is 0.364 bits per heavy atom. The first-order valence-electron chi connectivity index (χ1n) is 22.2. The van der Waals surface area contributed by atoms with Crippen molar-refractivity contribution >= 4 is 34.1 Å². The van der Waals surface area contributed by atoms with Crippen LogP contribution in [0.15, 0.2) is 188 Å². The van der Waals surface area contributed by atoms with Gasteiger partial charge >= 0.3 is 0 Å². The topological polar surface area (TPSA) is 92.7 Å². The van der Waals surface area contributed by atoms with Crippen molar-refractivity contribution in [1.82, 2.24) is 15.0 Å². The van der Waals surface area contributed by atoms with Crippen molar-refractivity contribution in [2.24, 2.45) is 0 Å². The number of fused-ring (bicyclic) bond motifs is 4. The van der Waals surface area contributed by atoms with Gasteiger partial charge in [0.25, 0.3) is 0 Å². The lowest BCUT2D eigenvalue weighted by Gasteiger charge is -2.42. The van der Waals surface area contributed by atoms with Crippen LogP contribution in [0.2, 0.25) is 0 Å². The Labute approximate surface area is 385 Å². The predicted molar refractivity (Wildman–Crippen MR) is 265 cm³/mol. The summed E-state index contributed by atoms with van der Waals surface area (Å²) in [4.78, 5) is 20.7. The summed E-state index contributed by atoms with van der Waals surface area (Å²) in [5, 5.41) is 20.8. The molecule has 0 radical (unpaired) electrons. The third-order valence-electron chi connectivity index (χ3n) is 13.4. The highest BCUT2D eigenvalue weighted by Gasteiger charge is 2.39. The molecular weight excluding hydrogens is 807 g/mol. The molecule has 314 valence electrons. The van der Waals surface area contributed by atoms with Crippen LogP contribution in [0.1, 0.15) is 61.1 Å². The summed E-state index contributed by atoms with van der Waals surface area (Å²) in [6, 6.07) is 68.8. The fourth-order valence-electron chi connectivity index (χ4n) is 10.1. The van der Waals surface area contributed by atoms with Crippen molar-refractivity contribution in [2.45, 2.75) is 38.5 Å². The van der Waals surface area contributed by atoms with Gasteiger partial charge in [-0.25, -0.2) is 15.0 Å². The molecule has 3 heterocycles. The standard InChI is InChI=1S/C59H43N7/c1-58(2)45-22-10-14-26-50(45)65(51-27-15-11-23-46(51)58)49-33-30-38(36-60)34-44(49)57-63-55(39-18-6-5-7-19-39)62-56(64-57)43-32-31-40(42-21-9-8-20-41(42)37-61)35-54(43)66-52-28-16-12-24-47(52)59(3,4)48-25-13-17-29-53(48)66/h5-35H,1-4H3. The normalized spacial score (nSPS) is 13.9. The molecule has 66 heavy (non-hydrogen) atoms. The molecule has 11 rings (SSSR count). The molecule has 1 aromatic heterocycles. The summed E-state index contributed by atoms with van der Waals surface area (Å²) < 4.78 is 0. The Hall–Kier alpha value is -8.65. The second-order valence-corrected chi connectivity index (χ2v) is 17.9. The quantitative estimate of drug-likeness (QED) is 0.164. The van der Waals surface area contributed by atoms with E-state index in [9.17, 15) is 10.5 Å². The minimum Gasteiger partial charge on any atom is -0.309 e. The highest BCUT2D eigenvalue weighted by molar-refractivity contribution is 5.96. The lowest BCUT2D eigenvalue weighted by atomic mass is 9.73. The fourth-order valence-corrected chi connectivity index (χ4v) is 10.1. The van der Waals surface area contributed by atoms with Crippen molar-refractivity contribution in [3.63, 3.8) is 0 Å². The summed E-state index contributed by atoms with van der Waals surface area (Å²) in [5.74, 6) is 1.38. The van der Waals surface area contributed by atoms with E-state index in [0.717, 1.165) is 56.4 Å². The number of aromatic nitrogens is 3. The lowest BCUT2D eigenvalue weighted by molar-refractivity contribution is 0.632. The van der Waals surface area contributed by atoms with Gasteiger partial charge in [0.2, 0.25) is 0 Å². The molecule has 7 heteroatoms. The Bertz CT molecular complexity index is 3380. The Morgan fingerprint density at radius 2 is 0.833 bits per heavy atom. The van der Waals surface area contributed by atoms with Crippen LogP contribution < -0.4 is 9.80 Å². The molecule has 0 aliphatic carbocycles. The molecule has 0 fully saturated rings. The minimum atomic E-state index is -0.293. The van der Waals surface area contributed by atoms with E-state index in [0.29, 0.717) is 34.2 Å². The molecular formula is C59H43N7. The monoisotopic (exact) mass is 849 g/mol. The van der Waals surface area contributed by atoms with Crippen molar-refractivity contribution in [3.05, 3.63) is 221 Å². The van der Waals surface area contributed by atoms with Gasteiger partial charge in [-0.2, -0.15) is 10.5 Å². The number of para-hydroxylation sites is 4. The van der Waals surface area contributed by atoms with Gasteiger partial charge in [0.1, 0.15) is 0 Å². The van der Waals surface area contributed by atoms with Gasteiger partial charge in [-0.15, -0.1) is 0 Å². The van der Waals surface area contributed by atoms with E-state index >= 15 is 0 Å². The first-order valence-corrected chi connectivity index (χ1v) is 22.2. The van der Waals surface area contributed by atoms with Crippen molar-refractivity contribution in [2.75, 3.05) is 9.80 Å². The number of benzene rings is 8. The van der Waals surface area contributed by atoms with Gasteiger partial charge in [0.05, 0.1) is 57.4 Å². The van der Waals surface area contributed by atoms with E-state index in [1.165, 1.54) is 22.3 Å².